The Balaban J connectivity index is 1.53. The smallest absolute Gasteiger partial charge is 0.422 e. The predicted molar refractivity (Wildman–Crippen MR) is 106 cm³/mol. The van der Waals surface area contributed by atoms with Crippen molar-refractivity contribution in [3.05, 3.63) is 71.0 Å². The average molecular weight is 415 g/mol. The zero-order chi connectivity index (χ0) is 21.3. The first-order valence-electron chi connectivity index (χ1n) is 9.59. The maximum Gasteiger partial charge on any atom is 0.422 e. The molecule has 0 saturated heterocycles. The fourth-order valence-electron chi connectivity index (χ4n) is 3.61. The molecule has 156 valence electrons. The van der Waals surface area contributed by atoms with E-state index >= 15 is 0 Å². The van der Waals surface area contributed by atoms with Crippen molar-refractivity contribution in [1.29, 1.82) is 0 Å². The second-order valence-electron chi connectivity index (χ2n) is 7.21. The summed E-state index contributed by atoms with van der Waals surface area (Å²) in [5.74, 6) is -0.264. The molecule has 1 heterocycles. The summed E-state index contributed by atoms with van der Waals surface area (Å²) in [5.41, 5.74) is 4.84. The largest absolute Gasteiger partial charge is 0.484 e. The van der Waals surface area contributed by atoms with Gasteiger partial charge in [-0.3, -0.25) is 4.79 Å². The normalized spacial score (nSPS) is 13.2. The van der Waals surface area contributed by atoms with E-state index in [1.54, 1.807) is 0 Å². The van der Waals surface area contributed by atoms with Crippen LogP contribution in [-0.4, -0.2) is 28.5 Å². The molecule has 30 heavy (non-hydrogen) atoms. The molecular weight excluding hydrogens is 395 g/mol. The fourth-order valence-corrected chi connectivity index (χ4v) is 3.61. The van der Waals surface area contributed by atoms with Gasteiger partial charge in [0.2, 0.25) is 0 Å². The lowest BCUT2D eigenvalue weighted by Crippen LogP contribution is -2.19. The number of nitrogens with one attached hydrogen (secondary N) is 1. The van der Waals surface area contributed by atoms with Crippen LogP contribution in [0.1, 0.15) is 33.7 Å². The van der Waals surface area contributed by atoms with Gasteiger partial charge in [-0.15, -0.1) is 0 Å². The maximum absolute atomic E-state index is 12.9. The van der Waals surface area contributed by atoms with Gasteiger partial charge in [0.1, 0.15) is 5.75 Å². The van der Waals surface area contributed by atoms with Crippen LogP contribution < -0.4 is 10.1 Å². The minimum atomic E-state index is -4.40. The van der Waals surface area contributed by atoms with Gasteiger partial charge in [0.05, 0.1) is 5.69 Å². The summed E-state index contributed by atoms with van der Waals surface area (Å²) < 4.78 is 43.3. The third-order valence-electron chi connectivity index (χ3n) is 5.00. The van der Waals surface area contributed by atoms with Crippen LogP contribution in [0, 0.1) is 6.92 Å². The first-order chi connectivity index (χ1) is 14.3. The zero-order valence-electron chi connectivity index (χ0n) is 16.3. The number of benzene rings is 2. The summed E-state index contributed by atoms with van der Waals surface area (Å²) in [7, 11) is 0. The molecule has 0 fully saturated rings. The van der Waals surface area contributed by atoms with E-state index in [9.17, 15) is 18.0 Å². The number of rotatable bonds is 5. The molecule has 1 aromatic heterocycles. The van der Waals surface area contributed by atoms with Crippen molar-refractivity contribution < 1.29 is 22.7 Å². The van der Waals surface area contributed by atoms with Gasteiger partial charge in [0.25, 0.3) is 5.91 Å². The highest BCUT2D eigenvalue weighted by molar-refractivity contribution is 6.04. The van der Waals surface area contributed by atoms with Gasteiger partial charge >= 0.3 is 6.18 Å². The number of fused-ring (bicyclic) bond motifs is 1. The molecule has 3 aromatic rings. The standard InChI is InChI=1S/C22H20F3N3O2/c1-14-5-2-3-7-18(14)28-19-8-4-6-17(19)20(27-28)21(29)26-15-9-11-16(12-10-15)30-13-22(23,24)25/h2-3,5,7,9-12H,4,6,8,13H2,1H3,(H,26,29). The van der Waals surface area contributed by atoms with Crippen LogP contribution in [-0.2, 0) is 12.8 Å². The second kappa shape index (κ2) is 7.85. The lowest BCUT2D eigenvalue weighted by Gasteiger charge is -2.10. The minimum Gasteiger partial charge on any atom is -0.484 e. The van der Waals surface area contributed by atoms with Crippen LogP contribution in [0.15, 0.2) is 48.5 Å². The van der Waals surface area contributed by atoms with Crippen LogP contribution in [0.2, 0.25) is 0 Å². The zero-order valence-corrected chi connectivity index (χ0v) is 16.3. The highest BCUT2D eigenvalue weighted by Crippen LogP contribution is 2.29. The van der Waals surface area contributed by atoms with Gasteiger partial charge < -0.3 is 10.1 Å². The third kappa shape index (κ3) is 4.17. The van der Waals surface area contributed by atoms with Gasteiger partial charge in [-0.1, -0.05) is 18.2 Å². The summed E-state index contributed by atoms with van der Waals surface area (Å²) in [6, 6.07) is 13.6. The van der Waals surface area contributed by atoms with Gasteiger partial charge in [0.15, 0.2) is 12.3 Å². The van der Waals surface area contributed by atoms with E-state index in [-0.39, 0.29) is 11.7 Å². The highest BCUT2D eigenvalue weighted by Gasteiger charge is 2.29. The Morgan fingerprint density at radius 2 is 1.87 bits per heavy atom. The Morgan fingerprint density at radius 1 is 1.13 bits per heavy atom. The van der Waals surface area contributed by atoms with Crippen LogP contribution in [0.5, 0.6) is 5.75 Å². The lowest BCUT2D eigenvalue weighted by atomic mass is 10.1. The van der Waals surface area contributed by atoms with Crippen molar-refractivity contribution in [3.8, 4) is 11.4 Å². The summed E-state index contributed by atoms with van der Waals surface area (Å²) in [5, 5.41) is 7.36. The molecule has 0 radical (unpaired) electrons. The monoisotopic (exact) mass is 415 g/mol. The van der Waals surface area contributed by atoms with Gasteiger partial charge in [-0.05, 0) is 62.1 Å². The molecule has 1 aliphatic rings. The molecule has 8 heteroatoms. The number of anilines is 1. The van der Waals surface area contributed by atoms with Gasteiger partial charge in [0, 0.05) is 16.9 Å². The number of aryl methyl sites for hydroxylation is 1. The Kier molecular flexibility index (Phi) is 5.24. The molecular formula is C22H20F3N3O2. The highest BCUT2D eigenvalue weighted by atomic mass is 19.4. The SMILES string of the molecule is Cc1ccccc1-n1nc(C(=O)Nc2ccc(OCC(F)(F)F)cc2)c2c1CCC2. The number of carbonyl (C=O) groups is 1. The number of aromatic nitrogens is 2. The van der Waals surface area contributed by atoms with Gasteiger partial charge in [-0.25, -0.2) is 4.68 Å². The number of alkyl halides is 3. The number of amides is 1. The molecule has 1 N–H and O–H groups in total. The Hall–Kier alpha value is -3.29. The quantitative estimate of drug-likeness (QED) is 0.647. The average Bonchev–Trinajstić information content (AvgIpc) is 3.30. The number of ether oxygens (including phenoxy) is 1. The van der Waals surface area contributed by atoms with Crippen molar-refractivity contribution >= 4 is 11.6 Å². The van der Waals surface area contributed by atoms with Crippen LogP contribution in [0.4, 0.5) is 18.9 Å². The first-order valence-corrected chi connectivity index (χ1v) is 9.59. The van der Waals surface area contributed by atoms with E-state index in [1.807, 2.05) is 35.9 Å². The van der Waals surface area contributed by atoms with E-state index in [4.69, 9.17) is 0 Å². The fraction of sp³-hybridized carbons (Fsp3) is 0.273. The molecule has 1 amide bonds. The lowest BCUT2D eigenvalue weighted by molar-refractivity contribution is -0.153. The Labute approximate surface area is 171 Å². The first kappa shape index (κ1) is 20.0. The predicted octanol–water partition coefficient (Wildman–Crippen LogP) is 4.86. The molecule has 4 rings (SSSR count). The van der Waals surface area contributed by atoms with E-state index in [1.165, 1.54) is 24.3 Å². The van der Waals surface area contributed by atoms with E-state index < -0.39 is 12.8 Å². The topological polar surface area (TPSA) is 56.2 Å². The van der Waals surface area contributed by atoms with E-state index in [0.29, 0.717) is 11.4 Å². The summed E-state index contributed by atoms with van der Waals surface area (Å²) in [6.07, 6.45) is -1.79. The summed E-state index contributed by atoms with van der Waals surface area (Å²) in [4.78, 5) is 12.9. The summed E-state index contributed by atoms with van der Waals surface area (Å²) in [6.45, 7) is 0.641. The van der Waals surface area contributed by atoms with E-state index in [0.717, 1.165) is 41.8 Å². The molecule has 0 aliphatic heterocycles. The van der Waals surface area contributed by atoms with Crippen molar-refractivity contribution in [2.75, 3.05) is 11.9 Å². The summed E-state index contributed by atoms with van der Waals surface area (Å²) >= 11 is 0. The molecule has 0 bridgehead atoms. The molecule has 0 spiro atoms. The molecule has 0 saturated carbocycles. The van der Waals surface area contributed by atoms with Crippen molar-refractivity contribution in [1.82, 2.24) is 9.78 Å². The molecule has 1 aliphatic carbocycles. The number of nitrogens with zero attached hydrogens (tertiary/aromatic N) is 2. The van der Waals surface area contributed by atoms with Crippen LogP contribution in [0.25, 0.3) is 5.69 Å². The Morgan fingerprint density at radius 3 is 2.57 bits per heavy atom. The van der Waals surface area contributed by atoms with Gasteiger partial charge in [-0.2, -0.15) is 18.3 Å². The van der Waals surface area contributed by atoms with E-state index in [2.05, 4.69) is 15.2 Å². The number of halogens is 3. The van der Waals surface area contributed by atoms with Crippen molar-refractivity contribution in [2.24, 2.45) is 0 Å². The number of carbonyl (C=O) groups excluding carboxylic acids is 1. The number of para-hydroxylation sites is 1. The van der Waals surface area contributed by atoms with Crippen molar-refractivity contribution in [2.45, 2.75) is 32.4 Å². The molecule has 0 unspecified atom stereocenters. The van der Waals surface area contributed by atoms with Crippen LogP contribution >= 0.6 is 0 Å². The number of hydrogen-bond donors (Lipinski definition) is 1. The molecule has 2 aromatic carbocycles. The van der Waals surface area contributed by atoms with Crippen molar-refractivity contribution in [3.63, 3.8) is 0 Å². The molecule has 0 atom stereocenters. The molecule has 5 nitrogen and oxygen atoms in total. The Bertz CT molecular complexity index is 1070. The van der Waals surface area contributed by atoms with Crippen LogP contribution in [0.3, 0.4) is 0 Å². The minimum absolute atomic E-state index is 0.0787. The second-order valence-corrected chi connectivity index (χ2v) is 7.21. The maximum atomic E-state index is 12.9. The number of hydrogen-bond acceptors (Lipinski definition) is 3. The third-order valence-corrected chi connectivity index (χ3v) is 5.00.